The van der Waals surface area contributed by atoms with Crippen molar-refractivity contribution in [1.82, 2.24) is 4.57 Å². The molecule has 2 rings (SSSR count). The van der Waals surface area contributed by atoms with Crippen LogP contribution in [-0.2, 0) is 11.3 Å². The van der Waals surface area contributed by atoms with Crippen molar-refractivity contribution in [3.8, 4) is 0 Å². The Balaban J connectivity index is 2.23. The molecule has 0 aliphatic heterocycles. The maximum Gasteiger partial charge on any atom is 0.286 e. The lowest BCUT2D eigenvalue weighted by molar-refractivity contribution is -0.385. The van der Waals surface area contributed by atoms with Crippen LogP contribution in [0.15, 0.2) is 45.8 Å². The van der Waals surface area contributed by atoms with Crippen molar-refractivity contribution in [1.29, 1.82) is 0 Å². The lowest BCUT2D eigenvalue weighted by Gasteiger charge is -2.09. The molecule has 7 nitrogen and oxygen atoms in total. The summed E-state index contributed by atoms with van der Waals surface area (Å²) in [6.45, 7) is 1.17. The van der Waals surface area contributed by atoms with E-state index in [0.29, 0.717) is 10.2 Å². The second-order valence-electron chi connectivity index (χ2n) is 4.60. The van der Waals surface area contributed by atoms with Gasteiger partial charge >= 0.3 is 0 Å². The number of aryl methyl sites for hydroxylation is 1. The molecule has 22 heavy (non-hydrogen) atoms. The van der Waals surface area contributed by atoms with Gasteiger partial charge in [0.05, 0.1) is 16.8 Å². The molecule has 0 fully saturated rings. The van der Waals surface area contributed by atoms with Gasteiger partial charge in [0.15, 0.2) is 0 Å². The first-order valence-electron chi connectivity index (χ1n) is 6.28. The average molecular weight is 366 g/mol. The highest BCUT2D eigenvalue weighted by atomic mass is 79.9. The van der Waals surface area contributed by atoms with Crippen LogP contribution >= 0.6 is 15.9 Å². The highest BCUT2D eigenvalue weighted by Gasteiger charge is 2.14. The number of pyridine rings is 1. The number of para-hydroxylation sites is 1. The van der Waals surface area contributed by atoms with E-state index in [9.17, 15) is 19.7 Å². The van der Waals surface area contributed by atoms with Crippen LogP contribution in [0, 0.1) is 17.0 Å². The van der Waals surface area contributed by atoms with Crippen LogP contribution in [0.1, 0.15) is 5.56 Å². The topological polar surface area (TPSA) is 94.2 Å². The summed E-state index contributed by atoms with van der Waals surface area (Å²) in [6, 6.07) is 8.20. The molecule has 1 aromatic heterocycles. The Kier molecular flexibility index (Phi) is 4.71. The van der Waals surface area contributed by atoms with Crippen molar-refractivity contribution < 1.29 is 9.72 Å². The van der Waals surface area contributed by atoms with E-state index in [2.05, 4.69) is 21.2 Å². The number of benzene rings is 1. The number of nitro groups is 1. The lowest BCUT2D eigenvalue weighted by Crippen LogP contribution is -2.28. The maximum absolute atomic E-state index is 12.0. The molecule has 0 spiro atoms. The van der Waals surface area contributed by atoms with Gasteiger partial charge in [-0.05, 0) is 35.0 Å². The van der Waals surface area contributed by atoms with Gasteiger partial charge in [-0.3, -0.25) is 24.3 Å². The predicted octanol–water partition coefficient (Wildman–Crippen LogP) is 2.47. The molecular formula is C14H12BrN3O4. The molecule has 0 unspecified atom stereocenters. The van der Waals surface area contributed by atoms with E-state index < -0.39 is 16.4 Å². The van der Waals surface area contributed by atoms with E-state index >= 15 is 0 Å². The second kappa shape index (κ2) is 6.52. The standard InChI is InChI=1S/C14H12BrN3O4/c1-9-6-10(18(21)22)7-17(14(9)20)8-13(19)16-12-5-3-2-4-11(12)15/h2-7H,8H2,1H3,(H,16,19). The molecule has 0 radical (unpaired) electrons. The maximum atomic E-state index is 12.0. The van der Waals surface area contributed by atoms with E-state index in [1.807, 2.05) is 0 Å². The summed E-state index contributed by atoms with van der Waals surface area (Å²) >= 11 is 3.29. The first-order valence-corrected chi connectivity index (χ1v) is 7.07. The molecule has 0 atom stereocenters. The van der Waals surface area contributed by atoms with E-state index in [1.54, 1.807) is 24.3 Å². The Labute approximate surface area is 133 Å². The van der Waals surface area contributed by atoms with Gasteiger partial charge in [0, 0.05) is 16.1 Å². The number of rotatable bonds is 4. The third kappa shape index (κ3) is 3.59. The van der Waals surface area contributed by atoms with Gasteiger partial charge in [0.25, 0.3) is 11.2 Å². The van der Waals surface area contributed by atoms with Gasteiger partial charge in [-0.1, -0.05) is 12.1 Å². The highest BCUT2D eigenvalue weighted by molar-refractivity contribution is 9.10. The Bertz CT molecular complexity index is 801. The zero-order valence-corrected chi connectivity index (χ0v) is 13.2. The van der Waals surface area contributed by atoms with Gasteiger partial charge in [0.1, 0.15) is 6.54 Å². The van der Waals surface area contributed by atoms with Crippen LogP contribution in [0.2, 0.25) is 0 Å². The number of carbonyl (C=O) groups excluding carboxylic acids is 1. The summed E-state index contributed by atoms with van der Waals surface area (Å²) in [7, 11) is 0. The third-order valence-electron chi connectivity index (χ3n) is 2.92. The molecule has 1 amide bonds. The predicted molar refractivity (Wildman–Crippen MR) is 84.9 cm³/mol. The van der Waals surface area contributed by atoms with Gasteiger partial charge in [-0.15, -0.1) is 0 Å². The number of halogens is 1. The largest absolute Gasteiger partial charge is 0.324 e. The molecule has 114 valence electrons. The Hall–Kier alpha value is -2.48. The number of hydrogen-bond acceptors (Lipinski definition) is 4. The summed E-state index contributed by atoms with van der Waals surface area (Å²) < 4.78 is 1.73. The van der Waals surface area contributed by atoms with E-state index in [1.165, 1.54) is 13.0 Å². The minimum atomic E-state index is -0.603. The van der Waals surface area contributed by atoms with Crippen LogP contribution in [0.4, 0.5) is 11.4 Å². The number of anilines is 1. The molecule has 2 aromatic rings. The van der Waals surface area contributed by atoms with Gasteiger partial charge in [-0.25, -0.2) is 0 Å². The van der Waals surface area contributed by atoms with Crippen LogP contribution in [0.25, 0.3) is 0 Å². The van der Waals surface area contributed by atoms with E-state index in [4.69, 9.17) is 0 Å². The smallest absolute Gasteiger partial charge is 0.286 e. The number of aromatic nitrogens is 1. The van der Waals surface area contributed by atoms with Crippen molar-refractivity contribution in [2.45, 2.75) is 13.5 Å². The molecule has 0 saturated carbocycles. The van der Waals surface area contributed by atoms with Crippen molar-refractivity contribution >= 4 is 33.2 Å². The molecule has 1 aromatic carbocycles. The molecule has 0 aliphatic rings. The molecule has 1 N–H and O–H groups in total. The zero-order valence-electron chi connectivity index (χ0n) is 11.6. The van der Waals surface area contributed by atoms with Crippen LogP contribution in [-0.4, -0.2) is 15.4 Å². The summed E-state index contributed by atoms with van der Waals surface area (Å²) in [4.78, 5) is 34.2. The number of nitrogens with zero attached hydrogens (tertiary/aromatic N) is 2. The molecular weight excluding hydrogens is 354 g/mol. The Morgan fingerprint density at radius 2 is 2.09 bits per heavy atom. The molecule has 0 aliphatic carbocycles. The Morgan fingerprint density at radius 1 is 1.41 bits per heavy atom. The van der Waals surface area contributed by atoms with Gasteiger partial charge in [-0.2, -0.15) is 0 Å². The van der Waals surface area contributed by atoms with Crippen LogP contribution in [0.3, 0.4) is 0 Å². The number of amides is 1. The monoisotopic (exact) mass is 365 g/mol. The second-order valence-corrected chi connectivity index (χ2v) is 5.45. The molecule has 0 bridgehead atoms. The summed E-state index contributed by atoms with van der Waals surface area (Å²) in [5.74, 6) is -0.450. The van der Waals surface area contributed by atoms with E-state index in [-0.39, 0.29) is 17.8 Å². The quantitative estimate of drug-likeness (QED) is 0.664. The molecule has 1 heterocycles. The summed E-state index contributed by atoms with van der Waals surface area (Å²) in [5.41, 5.74) is 0.101. The highest BCUT2D eigenvalue weighted by Crippen LogP contribution is 2.21. The van der Waals surface area contributed by atoms with Gasteiger partial charge < -0.3 is 5.32 Å². The first-order chi connectivity index (χ1) is 10.4. The van der Waals surface area contributed by atoms with Crippen molar-refractivity contribution in [2.24, 2.45) is 0 Å². The van der Waals surface area contributed by atoms with Gasteiger partial charge in [0.2, 0.25) is 5.91 Å². The van der Waals surface area contributed by atoms with Crippen molar-refractivity contribution in [3.63, 3.8) is 0 Å². The zero-order chi connectivity index (χ0) is 16.3. The van der Waals surface area contributed by atoms with Crippen molar-refractivity contribution in [3.05, 3.63) is 67.0 Å². The average Bonchev–Trinajstić information content (AvgIpc) is 2.46. The van der Waals surface area contributed by atoms with Crippen molar-refractivity contribution in [2.75, 3.05) is 5.32 Å². The number of hydrogen-bond donors (Lipinski definition) is 1. The van der Waals surface area contributed by atoms with Crippen LogP contribution in [0.5, 0.6) is 0 Å². The fourth-order valence-electron chi connectivity index (χ4n) is 1.89. The SMILES string of the molecule is Cc1cc([N+](=O)[O-])cn(CC(=O)Nc2ccccc2Br)c1=O. The number of carbonyl (C=O) groups is 1. The minimum Gasteiger partial charge on any atom is -0.324 e. The lowest BCUT2D eigenvalue weighted by atomic mass is 10.3. The molecule has 0 saturated heterocycles. The third-order valence-corrected chi connectivity index (χ3v) is 3.61. The normalized spacial score (nSPS) is 10.3. The fourth-order valence-corrected chi connectivity index (χ4v) is 2.27. The fraction of sp³-hybridized carbons (Fsp3) is 0.143. The Morgan fingerprint density at radius 3 is 2.73 bits per heavy atom. The molecule has 8 heteroatoms. The van der Waals surface area contributed by atoms with E-state index in [0.717, 1.165) is 10.8 Å². The summed E-state index contributed by atoms with van der Waals surface area (Å²) in [5, 5.41) is 13.5. The summed E-state index contributed by atoms with van der Waals surface area (Å²) in [6.07, 6.45) is 1.06. The van der Waals surface area contributed by atoms with Crippen LogP contribution < -0.4 is 10.9 Å². The minimum absolute atomic E-state index is 0.211. The first kappa shape index (κ1) is 15.9. The number of nitrogens with one attached hydrogen (secondary N) is 1.